The first-order chi connectivity index (χ1) is 13.4. The fourth-order valence-corrected chi connectivity index (χ4v) is 2.60. The molecule has 3 rings (SSSR count). The van der Waals surface area contributed by atoms with E-state index in [1.54, 1.807) is 19.9 Å². The summed E-state index contributed by atoms with van der Waals surface area (Å²) in [5.41, 5.74) is 1.21. The van der Waals surface area contributed by atoms with Crippen LogP contribution in [-0.4, -0.2) is 39.6 Å². The summed E-state index contributed by atoms with van der Waals surface area (Å²) in [6, 6.07) is 6.01. The lowest BCUT2D eigenvalue weighted by Crippen LogP contribution is -2.28. The molecule has 146 valence electrons. The Morgan fingerprint density at radius 2 is 1.75 bits per heavy atom. The van der Waals surface area contributed by atoms with E-state index in [2.05, 4.69) is 26.0 Å². The minimum absolute atomic E-state index is 0.000986. The minimum Gasteiger partial charge on any atom is -0.351 e. The van der Waals surface area contributed by atoms with Gasteiger partial charge in [-0.05, 0) is 49.2 Å². The molecule has 0 spiro atoms. The number of rotatable bonds is 5. The van der Waals surface area contributed by atoms with E-state index in [1.807, 2.05) is 0 Å². The van der Waals surface area contributed by atoms with Crippen molar-refractivity contribution in [1.29, 1.82) is 0 Å². The van der Waals surface area contributed by atoms with Crippen LogP contribution in [0.15, 0.2) is 30.3 Å². The first-order valence-electron chi connectivity index (χ1n) is 8.62. The Kier molecular flexibility index (Phi) is 5.48. The summed E-state index contributed by atoms with van der Waals surface area (Å²) < 4.78 is 28.2. The lowest BCUT2D eigenvalue weighted by molar-refractivity contribution is 0.0948. The first kappa shape index (κ1) is 19.2. The average molecular weight is 388 g/mol. The van der Waals surface area contributed by atoms with Gasteiger partial charge in [-0.3, -0.25) is 10.1 Å². The average Bonchev–Trinajstić information content (AvgIpc) is 3.05. The van der Waals surface area contributed by atoms with Crippen molar-refractivity contribution in [1.82, 2.24) is 25.2 Å². The number of aromatic nitrogens is 3. The Hall–Kier alpha value is -3.56. The third kappa shape index (κ3) is 3.90. The number of amides is 3. The van der Waals surface area contributed by atoms with Gasteiger partial charge in [0.1, 0.15) is 5.69 Å². The topological polar surface area (TPSA) is 100 Å². The summed E-state index contributed by atoms with van der Waals surface area (Å²) in [6.07, 6.45) is 0. The number of hydrogen-bond acceptors (Lipinski definition) is 4. The van der Waals surface area contributed by atoms with Gasteiger partial charge in [-0.25, -0.2) is 18.1 Å². The maximum absolute atomic E-state index is 13.6. The molecule has 0 saturated heterocycles. The molecule has 1 aromatic carbocycles. The van der Waals surface area contributed by atoms with Crippen LogP contribution >= 0.6 is 0 Å². The number of carbonyl (C=O) groups excluding carboxylic acids is 2. The lowest BCUT2D eigenvalue weighted by Gasteiger charge is -2.08. The van der Waals surface area contributed by atoms with Crippen molar-refractivity contribution in [3.8, 4) is 11.1 Å². The highest BCUT2D eigenvalue weighted by Gasteiger charge is 2.17. The summed E-state index contributed by atoms with van der Waals surface area (Å²) in [5.74, 6) is -2.40. The molecule has 0 aliphatic carbocycles. The number of halogens is 2. The first-order valence-corrected chi connectivity index (χ1v) is 8.62. The van der Waals surface area contributed by atoms with Crippen LogP contribution < -0.4 is 16.0 Å². The number of pyridine rings is 1. The van der Waals surface area contributed by atoms with E-state index in [0.29, 0.717) is 24.2 Å². The van der Waals surface area contributed by atoms with Gasteiger partial charge < -0.3 is 10.6 Å². The van der Waals surface area contributed by atoms with Crippen LogP contribution in [0.3, 0.4) is 0 Å². The second-order valence-electron chi connectivity index (χ2n) is 5.81. The molecule has 28 heavy (non-hydrogen) atoms. The molecule has 10 heteroatoms. The molecular formula is C18H18F2N6O2. The maximum Gasteiger partial charge on any atom is 0.321 e. The standard InChI is InChI=1S/C18H18F2N6O2/c1-3-21-16(27)14-8-11(10-5-6-12(19)13(20)7-10)9-15-23-17(25-26(14)15)24-18(28)22-4-2/h5-9H,3-4H2,1-2H3,(H,21,27)(H2,22,24,25,28). The predicted octanol–water partition coefficient (Wildman–Crippen LogP) is 2.57. The molecule has 0 aliphatic heterocycles. The minimum atomic E-state index is -1.00. The smallest absolute Gasteiger partial charge is 0.321 e. The molecule has 0 radical (unpaired) electrons. The zero-order valence-electron chi connectivity index (χ0n) is 15.2. The van der Waals surface area contributed by atoms with Crippen molar-refractivity contribution in [3.63, 3.8) is 0 Å². The van der Waals surface area contributed by atoms with E-state index >= 15 is 0 Å². The van der Waals surface area contributed by atoms with E-state index in [-0.39, 0.29) is 17.3 Å². The van der Waals surface area contributed by atoms with E-state index in [1.165, 1.54) is 16.6 Å². The third-order valence-corrected chi connectivity index (χ3v) is 3.82. The molecular weight excluding hydrogens is 370 g/mol. The quantitative estimate of drug-likeness (QED) is 0.625. The third-order valence-electron chi connectivity index (χ3n) is 3.82. The van der Waals surface area contributed by atoms with Crippen molar-refractivity contribution >= 4 is 23.5 Å². The number of nitrogens with zero attached hydrogens (tertiary/aromatic N) is 3. The predicted molar refractivity (Wildman–Crippen MR) is 99.0 cm³/mol. The summed E-state index contributed by atoms with van der Waals surface area (Å²) in [4.78, 5) is 28.4. The lowest BCUT2D eigenvalue weighted by atomic mass is 10.1. The molecule has 0 aliphatic rings. The van der Waals surface area contributed by atoms with Gasteiger partial charge in [0.05, 0.1) is 0 Å². The monoisotopic (exact) mass is 388 g/mol. The molecule has 0 fully saturated rings. The number of fused-ring (bicyclic) bond motifs is 1. The van der Waals surface area contributed by atoms with Crippen LogP contribution in [0.5, 0.6) is 0 Å². The second-order valence-corrected chi connectivity index (χ2v) is 5.81. The zero-order chi connectivity index (χ0) is 20.3. The zero-order valence-corrected chi connectivity index (χ0v) is 15.2. The fraction of sp³-hybridized carbons (Fsp3) is 0.222. The molecule has 0 unspecified atom stereocenters. The molecule has 8 nitrogen and oxygen atoms in total. The summed E-state index contributed by atoms with van der Waals surface area (Å²) in [5, 5.41) is 11.8. The van der Waals surface area contributed by atoms with Gasteiger partial charge in [0.2, 0.25) is 0 Å². The van der Waals surface area contributed by atoms with E-state index in [9.17, 15) is 18.4 Å². The summed E-state index contributed by atoms with van der Waals surface area (Å²) in [7, 11) is 0. The van der Waals surface area contributed by atoms with Crippen LogP contribution in [-0.2, 0) is 0 Å². The van der Waals surface area contributed by atoms with Gasteiger partial charge in [0, 0.05) is 13.1 Å². The van der Waals surface area contributed by atoms with Crippen LogP contribution in [0.25, 0.3) is 16.8 Å². The molecule has 2 aromatic heterocycles. The molecule has 0 saturated carbocycles. The van der Waals surface area contributed by atoms with Crippen LogP contribution in [0.2, 0.25) is 0 Å². The maximum atomic E-state index is 13.6. The van der Waals surface area contributed by atoms with E-state index in [4.69, 9.17) is 0 Å². The number of benzene rings is 1. The van der Waals surface area contributed by atoms with Crippen molar-refractivity contribution in [2.24, 2.45) is 0 Å². The summed E-state index contributed by atoms with van der Waals surface area (Å²) >= 11 is 0. The number of hydrogen-bond donors (Lipinski definition) is 3. The van der Waals surface area contributed by atoms with Gasteiger partial charge in [-0.2, -0.15) is 4.98 Å². The second kappa shape index (κ2) is 7.99. The Balaban J connectivity index is 2.11. The highest BCUT2D eigenvalue weighted by atomic mass is 19.2. The van der Waals surface area contributed by atoms with Gasteiger partial charge in [-0.15, -0.1) is 5.10 Å². The Bertz CT molecular complexity index is 1050. The Morgan fingerprint density at radius 3 is 2.43 bits per heavy atom. The number of anilines is 1. The fourth-order valence-electron chi connectivity index (χ4n) is 2.60. The highest BCUT2D eigenvalue weighted by molar-refractivity contribution is 5.95. The van der Waals surface area contributed by atoms with Crippen LogP contribution in [0.1, 0.15) is 24.3 Å². The number of nitrogens with one attached hydrogen (secondary N) is 3. The molecule has 3 amide bonds. The van der Waals surface area contributed by atoms with E-state index < -0.39 is 23.6 Å². The number of carbonyl (C=O) groups is 2. The molecule has 2 heterocycles. The Labute approximate surface area is 159 Å². The normalized spacial score (nSPS) is 10.7. The number of urea groups is 1. The van der Waals surface area contributed by atoms with Crippen molar-refractivity contribution < 1.29 is 18.4 Å². The van der Waals surface area contributed by atoms with E-state index in [0.717, 1.165) is 12.1 Å². The van der Waals surface area contributed by atoms with Crippen LogP contribution in [0.4, 0.5) is 19.5 Å². The highest BCUT2D eigenvalue weighted by Crippen LogP contribution is 2.25. The van der Waals surface area contributed by atoms with Gasteiger partial charge in [0.15, 0.2) is 17.3 Å². The largest absolute Gasteiger partial charge is 0.351 e. The Morgan fingerprint density at radius 1 is 1.00 bits per heavy atom. The van der Waals surface area contributed by atoms with Crippen molar-refractivity contribution in [2.45, 2.75) is 13.8 Å². The SMILES string of the molecule is CCNC(=O)Nc1nc2cc(-c3ccc(F)c(F)c3)cc(C(=O)NCC)n2n1. The molecule has 0 atom stereocenters. The van der Waals surface area contributed by atoms with Gasteiger partial charge in [-0.1, -0.05) is 6.07 Å². The van der Waals surface area contributed by atoms with Crippen LogP contribution in [0, 0.1) is 11.6 Å². The van der Waals surface area contributed by atoms with Gasteiger partial charge >= 0.3 is 6.03 Å². The van der Waals surface area contributed by atoms with Crippen molar-refractivity contribution in [2.75, 3.05) is 18.4 Å². The molecule has 3 N–H and O–H groups in total. The summed E-state index contributed by atoms with van der Waals surface area (Å²) in [6.45, 7) is 4.33. The van der Waals surface area contributed by atoms with Gasteiger partial charge in [0.25, 0.3) is 11.9 Å². The van der Waals surface area contributed by atoms with Crippen molar-refractivity contribution in [3.05, 3.63) is 47.7 Å². The molecule has 0 bridgehead atoms. The molecule has 3 aromatic rings.